The maximum absolute atomic E-state index is 10.2. The number of nitrogens with one attached hydrogen (secondary N) is 1. The Labute approximate surface area is 192 Å². The lowest BCUT2D eigenvalue weighted by atomic mass is 9.94. The van der Waals surface area contributed by atoms with Crippen molar-refractivity contribution >= 4 is 29.1 Å². The van der Waals surface area contributed by atoms with E-state index in [2.05, 4.69) is 61.7 Å². The van der Waals surface area contributed by atoms with Gasteiger partial charge < -0.3 is 19.7 Å². The molecule has 7 nitrogen and oxygen atoms in total. The zero-order valence-electron chi connectivity index (χ0n) is 18.6. The molecule has 3 aromatic heterocycles. The van der Waals surface area contributed by atoms with Crippen molar-refractivity contribution in [3.05, 3.63) is 72.3 Å². The molecule has 0 bridgehead atoms. The minimum atomic E-state index is -0.558. The Morgan fingerprint density at radius 3 is 2.73 bits per heavy atom. The first kappa shape index (κ1) is 19.9. The molecule has 0 spiro atoms. The van der Waals surface area contributed by atoms with E-state index in [1.54, 1.807) is 0 Å². The molecule has 0 atom stereocenters. The Bertz CT molecular complexity index is 1350. The second-order valence-electron chi connectivity index (χ2n) is 9.19. The van der Waals surface area contributed by atoms with E-state index in [-0.39, 0.29) is 0 Å². The van der Waals surface area contributed by atoms with Crippen LogP contribution in [0.2, 0.25) is 0 Å². The maximum atomic E-state index is 10.2. The van der Waals surface area contributed by atoms with Crippen molar-refractivity contribution in [1.29, 1.82) is 0 Å². The lowest BCUT2D eigenvalue weighted by Gasteiger charge is -2.37. The number of imidazole rings is 1. The molecule has 33 heavy (non-hydrogen) atoms. The molecule has 0 saturated carbocycles. The molecule has 0 amide bonds. The highest BCUT2D eigenvalue weighted by Gasteiger charge is 2.27. The summed E-state index contributed by atoms with van der Waals surface area (Å²) in [6.07, 6.45) is 11.2. The summed E-state index contributed by atoms with van der Waals surface area (Å²) in [7, 11) is 0. The van der Waals surface area contributed by atoms with Crippen LogP contribution in [0, 0.1) is 0 Å². The molecule has 0 radical (unpaired) electrons. The fourth-order valence-electron chi connectivity index (χ4n) is 4.61. The molecule has 2 aliphatic heterocycles. The normalized spacial score (nSPS) is 16.8. The van der Waals surface area contributed by atoms with E-state index >= 15 is 0 Å². The highest BCUT2D eigenvalue weighted by molar-refractivity contribution is 5.86. The number of pyridine rings is 2. The van der Waals surface area contributed by atoms with E-state index in [0.29, 0.717) is 0 Å². The summed E-state index contributed by atoms with van der Waals surface area (Å²) in [5, 5.41) is 13.7. The quantitative estimate of drug-likeness (QED) is 0.493. The van der Waals surface area contributed by atoms with Crippen molar-refractivity contribution in [3.8, 4) is 11.1 Å². The van der Waals surface area contributed by atoms with E-state index in [9.17, 15) is 5.11 Å². The molecule has 1 aromatic carbocycles. The number of benzene rings is 1. The van der Waals surface area contributed by atoms with Gasteiger partial charge in [0.1, 0.15) is 5.82 Å². The van der Waals surface area contributed by atoms with Gasteiger partial charge in [0.25, 0.3) is 0 Å². The predicted molar refractivity (Wildman–Crippen MR) is 132 cm³/mol. The topological polar surface area (TPSA) is 78.0 Å². The van der Waals surface area contributed by atoms with Crippen LogP contribution in [-0.4, -0.2) is 44.4 Å². The molecule has 0 unspecified atom stereocenters. The molecule has 2 N–H and O–H groups in total. The first-order chi connectivity index (χ1) is 16.0. The van der Waals surface area contributed by atoms with Gasteiger partial charge in [0.15, 0.2) is 5.65 Å². The molecule has 166 valence electrons. The van der Waals surface area contributed by atoms with Crippen LogP contribution in [0.15, 0.2) is 66.2 Å². The lowest BCUT2D eigenvalue weighted by Crippen LogP contribution is -2.42. The van der Waals surface area contributed by atoms with E-state index in [0.717, 1.165) is 66.4 Å². The highest BCUT2D eigenvalue weighted by Crippen LogP contribution is 2.31. The van der Waals surface area contributed by atoms with E-state index in [1.807, 2.05) is 42.2 Å². The van der Waals surface area contributed by atoms with Gasteiger partial charge in [-0.15, -0.1) is 0 Å². The third-order valence-electron chi connectivity index (χ3n) is 6.67. The third-order valence-corrected chi connectivity index (χ3v) is 6.67. The van der Waals surface area contributed by atoms with Crippen LogP contribution in [0.5, 0.6) is 0 Å². The fraction of sp³-hybridized carbons (Fsp3) is 0.269. The first-order valence-corrected chi connectivity index (χ1v) is 11.3. The molecule has 6 rings (SSSR count). The SMILES string of the molecule is CC1(O)CCN(c2ccc(Nc3cc(-c4ccc5c(c4)CN=C5)cn4ccnc34)nc2)CC1. The van der Waals surface area contributed by atoms with Gasteiger partial charge in [0.2, 0.25) is 0 Å². The van der Waals surface area contributed by atoms with Gasteiger partial charge >= 0.3 is 0 Å². The van der Waals surface area contributed by atoms with Crippen molar-refractivity contribution in [2.75, 3.05) is 23.3 Å². The molecular weight excluding hydrogens is 412 g/mol. The number of fused-ring (bicyclic) bond motifs is 2. The summed E-state index contributed by atoms with van der Waals surface area (Å²) in [6.45, 7) is 4.33. The minimum absolute atomic E-state index is 0.558. The van der Waals surface area contributed by atoms with E-state index in [4.69, 9.17) is 0 Å². The number of hydrogen-bond donors (Lipinski definition) is 2. The van der Waals surface area contributed by atoms with Crippen molar-refractivity contribution < 1.29 is 5.11 Å². The summed E-state index contributed by atoms with van der Waals surface area (Å²) in [5.74, 6) is 0.771. The van der Waals surface area contributed by atoms with E-state index < -0.39 is 5.60 Å². The summed E-state index contributed by atoms with van der Waals surface area (Å²) in [4.78, 5) is 15.8. The number of rotatable bonds is 4. The van der Waals surface area contributed by atoms with Crippen LogP contribution in [0.25, 0.3) is 16.8 Å². The second kappa shape index (κ2) is 7.71. The molecule has 4 aromatic rings. The number of piperidine rings is 1. The number of aliphatic hydroxyl groups is 1. The highest BCUT2D eigenvalue weighted by atomic mass is 16.3. The molecule has 0 aliphatic carbocycles. The van der Waals surface area contributed by atoms with Crippen molar-refractivity contribution in [2.24, 2.45) is 4.99 Å². The van der Waals surface area contributed by atoms with Crippen molar-refractivity contribution in [2.45, 2.75) is 31.9 Å². The third kappa shape index (κ3) is 3.85. The number of hydrogen-bond acceptors (Lipinski definition) is 6. The fourth-order valence-corrected chi connectivity index (χ4v) is 4.61. The Morgan fingerprint density at radius 2 is 1.91 bits per heavy atom. The van der Waals surface area contributed by atoms with Gasteiger partial charge in [-0.1, -0.05) is 12.1 Å². The van der Waals surface area contributed by atoms with Gasteiger partial charge in [-0.05, 0) is 60.7 Å². The average molecular weight is 439 g/mol. The summed E-state index contributed by atoms with van der Waals surface area (Å²) in [5.41, 5.74) is 6.99. The average Bonchev–Trinajstić information content (AvgIpc) is 3.48. The molecule has 1 fully saturated rings. The van der Waals surface area contributed by atoms with Crippen LogP contribution < -0.4 is 10.2 Å². The van der Waals surface area contributed by atoms with Crippen molar-refractivity contribution in [3.63, 3.8) is 0 Å². The van der Waals surface area contributed by atoms with Gasteiger partial charge in [0.05, 0.1) is 29.7 Å². The van der Waals surface area contributed by atoms with Crippen LogP contribution in [0.4, 0.5) is 17.2 Å². The monoisotopic (exact) mass is 438 g/mol. The second-order valence-corrected chi connectivity index (χ2v) is 9.19. The standard InChI is InChI=1S/C26H26N6O/c1-26(33)6-9-31(10-7-26)22-4-5-24(29-16-22)30-23-13-21(17-32-11-8-28-25(23)32)18-2-3-19-14-27-15-20(19)12-18/h2-5,8,11-14,16-17,33H,6-7,9-10,15H2,1H3,(H,29,30). The molecule has 2 aliphatic rings. The molecular formula is C26H26N6O. The summed E-state index contributed by atoms with van der Waals surface area (Å²) in [6, 6.07) is 12.7. The van der Waals surface area contributed by atoms with Crippen LogP contribution in [-0.2, 0) is 6.54 Å². The largest absolute Gasteiger partial charge is 0.390 e. The molecule has 5 heterocycles. The van der Waals surface area contributed by atoms with Crippen LogP contribution >= 0.6 is 0 Å². The van der Waals surface area contributed by atoms with Gasteiger partial charge in [-0.3, -0.25) is 4.99 Å². The predicted octanol–water partition coefficient (Wildman–Crippen LogP) is 4.42. The minimum Gasteiger partial charge on any atom is -0.390 e. The van der Waals surface area contributed by atoms with Gasteiger partial charge in [-0.2, -0.15) is 0 Å². The Morgan fingerprint density at radius 1 is 1.03 bits per heavy atom. The summed E-state index contributed by atoms with van der Waals surface area (Å²) >= 11 is 0. The summed E-state index contributed by atoms with van der Waals surface area (Å²) < 4.78 is 2.04. The first-order valence-electron chi connectivity index (χ1n) is 11.3. The van der Waals surface area contributed by atoms with Gasteiger partial charge in [0, 0.05) is 43.5 Å². The lowest BCUT2D eigenvalue weighted by molar-refractivity contribution is 0.0351. The molecule has 7 heteroatoms. The zero-order chi connectivity index (χ0) is 22.4. The number of aliphatic imine (C=N–C) groups is 1. The molecule has 1 saturated heterocycles. The van der Waals surface area contributed by atoms with Crippen molar-refractivity contribution in [1.82, 2.24) is 14.4 Å². The van der Waals surface area contributed by atoms with Crippen LogP contribution in [0.1, 0.15) is 30.9 Å². The zero-order valence-corrected chi connectivity index (χ0v) is 18.6. The van der Waals surface area contributed by atoms with E-state index in [1.165, 1.54) is 11.1 Å². The number of anilines is 3. The van der Waals surface area contributed by atoms with Gasteiger partial charge in [-0.25, -0.2) is 9.97 Å². The Hall–Kier alpha value is -3.71. The Kier molecular flexibility index (Phi) is 4.66. The smallest absolute Gasteiger partial charge is 0.160 e. The Balaban J connectivity index is 1.27. The van der Waals surface area contributed by atoms with Crippen LogP contribution in [0.3, 0.4) is 0 Å². The number of nitrogens with zero attached hydrogens (tertiary/aromatic N) is 5. The maximum Gasteiger partial charge on any atom is 0.160 e. The number of aromatic nitrogens is 3.